The Morgan fingerprint density at radius 2 is 1.90 bits per heavy atom. The van der Waals surface area contributed by atoms with Crippen molar-refractivity contribution < 1.29 is 9.53 Å². The van der Waals surface area contributed by atoms with Crippen LogP contribution in [-0.2, 0) is 0 Å². The molecule has 1 heterocycles. The zero-order valence-electron chi connectivity index (χ0n) is 12.0. The average Bonchev–Trinajstić information content (AvgIpc) is 2.41. The van der Waals surface area contributed by atoms with Crippen molar-refractivity contribution >= 4 is 6.03 Å². The number of hydrogen-bond donors (Lipinski definition) is 2. The van der Waals surface area contributed by atoms with Gasteiger partial charge in [0.05, 0.1) is 0 Å². The molecule has 20 heavy (non-hydrogen) atoms. The summed E-state index contributed by atoms with van der Waals surface area (Å²) in [7, 11) is 0. The minimum atomic E-state index is -0.0873. The SMILES string of the molecule is CC(C)NC(=O)NC1CCC(Oc2ncccn2)CC1. The van der Waals surface area contributed by atoms with Gasteiger partial charge in [0.25, 0.3) is 0 Å². The number of nitrogens with one attached hydrogen (secondary N) is 2. The zero-order valence-corrected chi connectivity index (χ0v) is 12.0. The summed E-state index contributed by atoms with van der Waals surface area (Å²) in [5, 5.41) is 5.84. The number of aromatic nitrogens is 2. The molecule has 2 N–H and O–H groups in total. The molecule has 0 aliphatic heterocycles. The van der Waals surface area contributed by atoms with Crippen LogP contribution in [0.5, 0.6) is 6.01 Å². The van der Waals surface area contributed by atoms with Gasteiger partial charge < -0.3 is 15.4 Å². The lowest BCUT2D eigenvalue weighted by Gasteiger charge is -2.29. The quantitative estimate of drug-likeness (QED) is 0.881. The van der Waals surface area contributed by atoms with E-state index in [0.29, 0.717) is 6.01 Å². The van der Waals surface area contributed by atoms with Gasteiger partial charge in [0.1, 0.15) is 6.10 Å². The van der Waals surface area contributed by atoms with Gasteiger partial charge in [0, 0.05) is 24.5 Å². The fourth-order valence-corrected chi connectivity index (χ4v) is 2.31. The van der Waals surface area contributed by atoms with Gasteiger partial charge in [-0.05, 0) is 45.6 Å². The standard InChI is InChI=1S/C14H22N4O2/c1-10(2)17-13(19)18-11-4-6-12(7-5-11)20-14-15-8-3-9-16-14/h3,8-12H,4-7H2,1-2H3,(H2,17,18,19). The number of ether oxygens (including phenoxy) is 1. The highest BCUT2D eigenvalue weighted by molar-refractivity contribution is 5.74. The van der Waals surface area contributed by atoms with Gasteiger partial charge in [-0.1, -0.05) is 0 Å². The third-order valence-electron chi connectivity index (χ3n) is 3.24. The van der Waals surface area contributed by atoms with Gasteiger partial charge in [-0.25, -0.2) is 14.8 Å². The second-order valence-electron chi connectivity index (χ2n) is 5.40. The first-order chi connectivity index (χ1) is 9.63. The lowest BCUT2D eigenvalue weighted by Crippen LogP contribution is -2.46. The maximum atomic E-state index is 11.6. The smallest absolute Gasteiger partial charge is 0.316 e. The molecule has 1 aromatic rings. The largest absolute Gasteiger partial charge is 0.460 e. The molecular weight excluding hydrogens is 256 g/mol. The van der Waals surface area contributed by atoms with Crippen molar-refractivity contribution in [2.75, 3.05) is 0 Å². The Hall–Kier alpha value is -1.85. The first-order valence-electron chi connectivity index (χ1n) is 7.14. The van der Waals surface area contributed by atoms with Crippen LogP contribution in [0.2, 0.25) is 0 Å². The topological polar surface area (TPSA) is 76.1 Å². The van der Waals surface area contributed by atoms with Gasteiger partial charge in [-0.2, -0.15) is 0 Å². The summed E-state index contributed by atoms with van der Waals surface area (Å²) in [6.07, 6.45) is 7.14. The minimum Gasteiger partial charge on any atom is -0.460 e. The highest BCUT2D eigenvalue weighted by Gasteiger charge is 2.24. The molecule has 6 nitrogen and oxygen atoms in total. The molecule has 0 radical (unpaired) electrons. The van der Waals surface area contributed by atoms with E-state index in [1.807, 2.05) is 13.8 Å². The molecule has 2 amide bonds. The monoisotopic (exact) mass is 278 g/mol. The van der Waals surface area contributed by atoms with Crippen LogP contribution in [0.15, 0.2) is 18.5 Å². The lowest BCUT2D eigenvalue weighted by atomic mass is 9.93. The summed E-state index contributed by atoms with van der Waals surface area (Å²) in [6, 6.07) is 2.49. The number of urea groups is 1. The van der Waals surface area contributed by atoms with Crippen molar-refractivity contribution in [3.8, 4) is 6.01 Å². The summed E-state index contributed by atoms with van der Waals surface area (Å²) >= 11 is 0. The van der Waals surface area contributed by atoms with Gasteiger partial charge in [0.2, 0.25) is 0 Å². The van der Waals surface area contributed by atoms with Gasteiger partial charge in [0.15, 0.2) is 0 Å². The Labute approximate surface area is 119 Å². The first-order valence-corrected chi connectivity index (χ1v) is 7.14. The predicted molar refractivity (Wildman–Crippen MR) is 75.5 cm³/mol. The molecule has 1 aliphatic rings. The Balaban J connectivity index is 1.71. The van der Waals surface area contributed by atoms with Crippen molar-refractivity contribution in [1.82, 2.24) is 20.6 Å². The predicted octanol–water partition coefficient (Wildman–Crippen LogP) is 1.87. The number of nitrogens with zero attached hydrogens (tertiary/aromatic N) is 2. The maximum Gasteiger partial charge on any atom is 0.316 e. The molecular formula is C14H22N4O2. The fraction of sp³-hybridized carbons (Fsp3) is 0.643. The molecule has 0 spiro atoms. The number of rotatable bonds is 4. The number of hydrogen-bond acceptors (Lipinski definition) is 4. The van der Waals surface area contributed by atoms with E-state index < -0.39 is 0 Å². The van der Waals surface area contributed by atoms with E-state index in [-0.39, 0.29) is 24.2 Å². The van der Waals surface area contributed by atoms with Crippen LogP contribution in [-0.4, -0.2) is 34.2 Å². The van der Waals surface area contributed by atoms with Crippen LogP contribution in [0.1, 0.15) is 39.5 Å². The van der Waals surface area contributed by atoms with Crippen LogP contribution >= 0.6 is 0 Å². The van der Waals surface area contributed by atoms with E-state index in [4.69, 9.17) is 4.74 Å². The molecule has 0 aromatic carbocycles. The molecule has 1 aliphatic carbocycles. The Morgan fingerprint density at radius 3 is 2.50 bits per heavy atom. The Kier molecular flexibility index (Phi) is 5.15. The molecule has 0 unspecified atom stereocenters. The summed E-state index contributed by atoms with van der Waals surface area (Å²) in [5.41, 5.74) is 0. The van der Waals surface area contributed by atoms with Crippen molar-refractivity contribution in [1.29, 1.82) is 0 Å². The van der Waals surface area contributed by atoms with Crippen molar-refractivity contribution in [3.63, 3.8) is 0 Å². The van der Waals surface area contributed by atoms with Crippen molar-refractivity contribution in [3.05, 3.63) is 18.5 Å². The van der Waals surface area contributed by atoms with Crippen molar-refractivity contribution in [2.24, 2.45) is 0 Å². The molecule has 2 rings (SSSR count). The summed E-state index contributed by atoms with van der Waals surface area (Å²) in [6.45, 7) is 3.90. The lowest BCUT2D eigenvalue weighted by molar-refractivity contribution is 0.128. The molecule has 1 fully saturated rings. The highest BCUT2D eigenvalue weighted by Crippen LogP contribution is 2.21. The number of amides is 2. The first kappa shape index (κ1) is 14.6. The van der Waals surface area contributed by atoms with E-state index in [9.17, 15) is 4.79 Å². The van der Waals surface area contributed by atoms with Gasteiger partial charge in [-0.3, -0.25) is 0 Å². The third-order valence-corrected chi connectivity index (χ3v) is 3.24. The number of carbonyl (C=O) groups is 1. The Bertz CT molecular complexity index is 416. The second kappa shape index (κ2) is 7.07. The summed E-state index contributed by atoms with van der Waals surface area (Å²) < 4.78 is 5.72. The molecule has 0 atom stereocenters. The van der Waals surface area contributed by atoms with Crippen LogP contribution in [0, 0.1) is 0 Å². The van der Waals surface area contributed by atoms with Crippen LogP contribution in [0.3, 0.4) is 0 Å². The normalized spacial score (nSPS) is 22.4. The summed E-state index contributed by atoms with van der Waals surface area (Å²) in [4.78, 5) is 19.7. The van der Waals surface area contributed by atoms with Crippen molar-refractivity contribution in [2.45, 2.75) is 57.7 Å². The van der Waals surface area contributed by atoms with E-state index in [0.717, 1.165) is 25.7 Å². The van der Waals surface area contributed by atoms with E-state index >= 15 is 0 Å². The minimum absolute atomic E-state index is 0.0873. The third kappa shape index (κ3) is 4.68. The Morgan fingerprint density at radius 1 is 1.25 bits per heavy atom. The zero-order chi connectivity index (χ0) is 14.4. The molecule has 1 aromatic heterocycles. The van der Waals surface area contributed by atoms with Crippen LogP contribution < -0.4 is 15.4 Å². The van der Waals surface area contributed by atoms with Gasteiger partial charge in [-0.15, -0.1) is 0 Å². The average molecular weight is 278 g/mol. The molecule has 110 valence electrons. The van der Waals surface area contributed by atoms with E-state index in [1.165, 1.54) is 0 Å². The second-order valence-corrected chi connectivity index (χ2v) is 5.40. The number of carbonyl (C=O) groups excluding carboxylic acids is 1. The molecule has 0 bridgehead atoms. The highest BCUT2D eigenvalue weighted by atomic mass is 16.5. The maximum absolute atomic E-state index is 11.6. The summed E-state index contributed by atoms with van der Waals surface area (Å²) in [5.74, 6) is 0. The van der Waals surface area contributed by atoms with E-state index in [1.54, 1.807) is 18.5 Å². The van der Waals surface area contributed by atoms with Crippen LogP contribution in [0.25, 0.3) is 0 Å². The molecule has 0 saturated heterocycles. The van der Waals surface area contributed by atoms with Crippen LogP contribution in [0.4, 0.5) is 4.79 Å². The van der Waals surface area contributed by atoms with Gasteiger partial charge >= 0.3 is 12.0 Å². The molecule has 6 heteroatoms. The molecule has 1 saturated carbocycles. The fourth-order valence-electron chi connectivity index (χ4n) is 2.31. The van der Waals surface area contributed by atoms with E-state index in [2.05, 4.69) is 20.6 Å².